The van der Waals surface area contributed by atoms with E-state index in [-0.39, 0.29) is 5.91 Å². The molecule has 0 saturated carbocycles. The standard InChI is InChI=1S/C12H18N2OS2/c1-2-3-4-5-8-13-12(16)14-11(15)10-7-6-9-17-10/h6-7,9H,2-5,8H2,1H3,(H2,13,14,15,16). The first-order valence-electron chi connectivity index (χ1n) is 5.86. The van der Waals surface area contributed by atoms with Crippen LogP contribution in [0.3, 0.4) is 0 Å². The van der Waals surface area contributed by atoms with Crippen molar-refractivity contribution in [1.29, 1.82) is 0 Å². The van der Waals surface area contributed by atoms with Gasteiger partial charge in [-0.2, -0.15) is 0 Å². The molecule has 0 bridgehead atoms. The fraction of sp³-hybridized carbons (Fsp3) is 0.500. The van der Waals surface area contributed by atoms with Gasteiger partial charge in [-0.1, -0.05) is 32.3 Å². The van der Waals surface area contributed by atoms with Crippen molar-refractivity contribution < 1.29 is 4.79 Å². The average Bonchev–Trinajstić information content (AvgIpc) is 2.82. The Hall–Kier alpha value is -0.940. The highest BCUT2D eigenvalue weighted by molar-refractivity contribution is 7.80. The van der Waals surface area contributed by atoms with Crippen molar-refractivity contribution in [1.82, 2.24) is 10.6 Å². The molecule has 0 aromatic carbocycles. The number of hydrogen-bond acceptors (Lipinski definition) is 3. The molecule has 0 unspecified atom stereocenters. The number of carbonyl (C=O) groups excluding carboxylic acids is 1. The predicted molar refractivity (Wildman–Crippen MR) is 76.5 cm³/mol. The molecular formula is C12H18N2OS2. The van der Waals surface area contributed by atoms with Crippen LogP contribution in [-0.2, 0) is 0 Å². The van der Waals surface area contributed by atoms with Gasteiger partial charge in [-0.15, -0.1) is 11.3 Å². The molecule has 0 saturated heterocycles. The number of carbonyl (C=O) groups is 1. The van der Waals surface area contributed by atoms with Crippen LogP contribution in [0, 0.1) is 0 Å². The highest BCUT2D eigenvalue weighted by atomic mass is 32.1. The first-order valence-corrected chi connectivity index (χ1v) is 7.15. The molecule has 3 nitrogen and oxygen atoms in total. The number of thiophene rings is 1. The molecule has 0 aliphatic heterocycles. The Balaban J connectivity index is 2.15. The van der Waals surface area contributed by atoms with Gasteiger partial charge in [-0.3, -0.25) is 10.1 Å². The van der Waals surface area contributed by atoms with Crippen LogP contribution in [0.2, 0.25) is 0 Å². The Bertz CT molecular complexity index is 349. The van der Waals surface area contributed by atoms with Crippen LogP contribution in [0.1, 0.15) is 42.3 Å². The van der Waals surface area contributed by atoms with Crippen LogP contribution in [0.15, 0.2) is 17.5 Å². The molecular weight excluding hydrogens is 252 g/mol. The van der Waals surface area contributed by atoms with Crippen molar-refractivity contribution in [3.8, 4) is 0 Å². The van der Waals surface area contributed by atoms with Crippen LogP contribution in [0.25, 0.3) is 0 Å². The normalized spacial score (nSPS) is 9.94. The zero-order valence-electron chi connectivity index (χ0n) is 9.99. The SMILES string of the molecule is CCCCCCNC(=S)NC(=O)c1cccs1. The first kappa shape index (κ1) is 14.1. The minimum absolute atomic E-state index is 0.133. The second-order valence-corrected chi connectivity index (χ2v) is 5.10. The third-order valence-electron chi connectivity index (χ3n) is 2.29. The average molecular weight is 270 g/mol. The molecule has 1 heterocycles. The minimum atomic E-state index is -0.133. The number of nitrogens with one attached hydrogen (secondary N) is 2. The maximum absolute atomic E-state index is 11.6. The Labute approximate surface area is 112 Å². The summed E-state index contributed by atoms with van der Waals surface area (Å²) in [6.45, 7) is 3.00. The van der Waals surface area contributed by atoms with Gasteiger partial charge in [0.1, 0.15) is 0 Å². The van der Waals surface area contributed by atoms with Gasteiger partial charge in [0.05, 0.1) is 4.88 Å². The van der Waals surface area contributed by atoms with Gasteiger partial charge in [-0.05, 0) is 30.1 Å². The van der Waals surface area contributed by atoms with E-state index >= 15 is 0 Å². The Morgan fingerprint density at radius 1 is 1.41 bits per heavy atom. The second-order valence-electron chi connectivity index (χ2n) is 3.75. The molecule has 17 heavy (non-hydrogen) atoms. The van der Waals surface area contributed by atoms with Crippen molar-refractivity contribution in [2.45, 2.75) is 32.6 Å². The molecule has 0 aliphatic rings. The lowest BCUT2D eigenvalue weighted by atomic mass is 10.2. The number of rotatable bonds is 6. The predicted octanol–water partition coefficient (Wildman–Crippen LogP) is 2.93. The Kier molecular flexibility index (Phi) is 6.81. The first-order chi connectivity index (χ1) is 8.24. The molecule has 1 aromatic heterocycles. The van der Waals surface area contributed by atoms with E-state index in [4.69, 9.17) is 12.2 Å². The summed E-state index contributed by atoms with van der Waals surface area (Å²) in [4.78, 5) is 12.3. The third kappa shape index (κ3) is 5.79. The summed E-state index contributed by atoms with van der Waals surface area (Å²) in [6.07, 6.45) is 4.75. The Morgan fingerprint density at radius 3 is 2.88 bits per heavy atom. The van der Waals surface area contributed by atoms with E-state index in [0.29, 0.717) is 9.99 Å². The summed E-state index contributed by atoms with van der Waals surface area (Å²) in [5.74, 6) is -0.133. The van der Waals surface area contributed by atoms with Crippen molar-refractivity contribution in [2.75, 3.05) is 6.54 Å². The fourth-order valence-electron chi connectivity index (χ4n) is 1.37. The number of amides is 1. The van der Waals surface area contributed by atoms with E-state index in [1.165, 1.54) is 30.6 Å². The highest BCUT2D eigenvalue weighted by Crippen LogP contribution is 2.07. The molecule has 1 rings (SSSR count). The molecule has 0 radical (unpaired) electrons. The smallest absolute Gasteiger partial charge is 0.267 e. The van der Waals surface area contributed by atoms with E-state index in [9.17, 15) is 4.79 Å². The molecule has 1 aromatic rings. The van der Waals surface area contributed by atoms with Gasteiger partial charge in [-0.25, -0.2) is 0 Å². The quantitative estimate of drug-likeness (QED) is 0.617. The summed E-state index contributed by atoms with van der Waals surface area (Å²) < 4.78 is 0. The van der Waals surface area contributed by atoms with Gasteiger partial charge >= 0.3 is 0 Å². The summed E-state index contributed by atoms with van der Waals surface area (Å²) in [7, 11) is 0. The van der Waals surface area contributed by atoms with Crippen molar-refractivity contribution >= 4 is 34.6 Å². The van der Waals surface area contributed by atoms with E-state index in [2.05, 4.69) is 17.6 Å². The van der Waals surface area contributed by atoms with Crippen molar-refractivity contribution in [3.05, 3.63) is 22.4 Å². The highest BCUT2D eigenvalue weighted by Gasteiger charge is 2.07. The van der Waals surface area contributed by atoms with Crippen LogP contribution in [0.4, 0.5) is 0 Å². The molecule has 0 atom stereocenters. The Morgan fingerprint density at radius 2 is 2.24 bits per heavy atom. The van der Waals surface area contributed by atoms with Gasteiger partial charge < -0.3 is 5.32 Å². The molecule has 0 aliphatic carbocycles. The largest absolute Gasteiger partial charge is 0.362 e. The fourth-order valence-corrected chi connectivity index (χ4v) is 2.18. The molecule has 5 heteroatoms. The molecule has 2 N–H and O–H groups in total. The topological polar surface area (TPSA) is 41.1 Å². The molecule has 0 spiro atoms. The maximum Gasteiger partial charge on any atom is 0.267 e. The lowest BCUT2D eigenvalue weighted by Crippen LogP contribution is -2.39. The van der Waals surface area contributed by atoms with Crippen LogP contribution >= 0.6 is 23.6 Å². The van der Waals surface area contributed by atoms with Crippen LogP contribution in [-0.4, -0.2) is 17.6 Å². The van der Waals surface area contributed by atoms with Gasteiger partial charge in [0.25, 0.3) is 5.91 Å². The zero-order valence-corrected chi connectivity index (χ0v) is 11.6. The lowest BCUT2D eigenvalue weighted by Gasteiger charge is -2.08. The zero-order chi connectivity index (χ0) is 12.5. The third-order valence-corrected chi connectivity index (χ3v) is 3.40. The van der Waals surface area contributed by atoms with Crippen LogP contribution in [0.5, 0.6) is 0 Å². The lowest BCUT2D eigenvalue weighted by molar-refractivity contribution is 0.0980. The summed E-state index contributed by atoms with van der Waals surface area (Å²) in [6, 6.07) is 3.63. The summed E-state index contributed by atoms with van der Waals surface area (Å²) in [5, 5.41) is 7.99. The monoisotopic (exact) mass is 270 g/mol. The van der Waals surface area contributed by atoms with E-state index in [1.54, 1.807) is 6.07 Å². The van der Waals surface area contributed by atoms with Gasteiger partial charge in [0, 0.05) is 6.54 Å². The number of thiocarbonyl (C=S) groups is 1. The molecule has 0 fully saturated rings. The maximum atomic E-state index is 11.6. The summed E-state index contributed by atoms with van der Waals surface area (Å²) >= 11 is 6.45. The van der Waals surface area contributed by atoms with E-state index in [1.807, 2.05) is 11.4 Å². The minimum Gasteiger partial charge on any atom is -0.362 e. The van der Waals surface area contributed by atoms with Crippen LogP contribution < -0.4 is 10.6 Å². The number of hydrogen-bond donors (Lipinski definition) is 2. The van der Waals surface area contributed by atoms with E-state index < -0.39 is 0 Å². The summed E-state index contributed by atoms with van der Waals surface area (Å²) in [5.41, 5.74) is 0. The molecule has 1 amide bonds. The van der Waals surface area contributed by atoms with Crippen molar-refractivity contribution in [3.63, 3.8) is 0 Å². The number of unbranched alkanes of at least 4 members (excludes halogenated alkanes) is 3. The van der Waals surface area contributed by atoms with Crippen molar-refractivity contribution in [2.24, 2.45) is 0 Å². The van der Waals surface area contributed by atoms with E-state index in [0.717, 1.165) is 13.0 Å². The molecule has 94 valence electrons. The van der Waals surface area contributed by atoms with Gasteiger partial charge in [0.15, 0.2) is 5.11 Å². The second kappa shape index (κ2) is 8.20. The van der Waals surface area contributed by atoms with Gasteiger partial charge in [0.2, 0.25) is 0 Å².